The molecule has 0 amide bonds. The summed E-state index contributed by atoms with van der Waals surface area (Å²) in [6, 6.07) is 7.90. The van der Waals surface area contributed by atoms with Gasteiger partial charge in [0.25, 0.3) is 0 Å². The van der Waals surface area contributed by atoms with Gasteiger partial charge in [0.1, 0.15) is 0 Å². The van der Waals surface area contributed by atoms with Crippen molar-refractivity contribution in [3.8, 4) is 0 Å². The first-order chi connectivity index (χ1) is 9.51. The van der Waals surface area contributed by atoms with Crippen molar-refractivity contribution >= 4 is 23.2 Å². The Morgan fingerprint density at radius 3 is 2.60 bits per heavy atom. The standard InChI is InChI=1S/C15H19Cl2N3/c1-10-15(17)14(20(2)19-10)8-12(9-18)6-11-4-3-5-13(16)7-11/h3-5,7,12H,6,8-9,18H2,1-2H3. The molecule has 0 spiro atoms. The number of rotatable bonds is 5. The molecule has 0 aliphatic rings. The van der Waals surface area contributed by atoms with E-state index < -0.39 is 0 Å². The molecule has 20 heavy (non-hydrogen) atoms. The van der Waals surface area contributed by atoms with Crippen LogP contribution >= 0.6 is 23.2 Å². The third-order valence-electron chi connectivity index (χ3n) is 3.49. The molecule has 0 bridgehead atoms. The molecule has 0 aliphatic heterocycles. The number of nitrogens with zero attached hydrogens (tertiary/aromatic N) is 2. The quantitative estimate of drug-likeness (QED) is 0.919. The molecule has 2 rings (SSSR count). The van der Waals surface area contributed by atoms with Crippen LogP contribution in [0.4, 0.5) is 0 Å². The van der Waals surface area contributed by atoms with Crippen LogP contribution in [0.5, 0.6) is 0 Å². The fraction of sp³-hybridized carbons (Fsp3) is 0.400. The predicted octanol–water partition coefficient (Wildman–Crippen LogP) is 3.40. The Morgan fingerprint density at radius 2 is 2.05 bits per heavy atom. The lowest BCUT2D eigenvalue weighted by Gasteiger charge is -2.15. The van der Waals surface area contributed by atoms with Gasteiger partial charge in [0.05, 0.1) is 16.4 Å². The molecule has 0 radical (unpaired) electrons. The summed E-state index contributed by atoms with van der Waals surface area (Å²) in [4.78, 5) is 0. The van der Waals surface area contributed by atoms with Crippen LogP contribution in [0.15, 0.2) is 24.3 Å². The van der Waals surface area contributed by atoms with E-state index in [4.69, 9.17) is 28.9 Å². The van der Waals surface area contributed by atoms with Crippen LogP contribution in [0.2, 0.25) is 10.0 Å². The Labute approximate surface area is 129 Å². The van der Waals surface area contributed by atoms with E-state index in [2.05, 4.69) is 11.2 Å². The lowest BCUT2D eigenvalue weighted by molar-refractivity contribution is 0.511. The Balaban J connectivity index is 2.13. The number of halogens is 2. The molecule has 0 aliphatic carbocycles. The van der Waals surface area contributed by atoms with Crippen LogP contribution < -0.4 is 5.73 Å². The van der Waals surface area contributed by atoms with Gasteiger partial charge in [0.2, 0.25) is 0 Å². The first-order valence-corrected chi connectivity index (χ1v) is 7.39. The van der Waals surface area contributed by atoms with Crippen molar-refractivity contribution in [3.05, 3.63) is 51.3 Å². The van der Waals surface area contributed by atoms with Gasteiger partial charge in [-0.3, -0.25) is 4.68 Å². The zero-order valence-electron chi connectivity index (χ0n) is 11.7. The summed E-state index contributed by atoms with van der Waals surface area (Å²) in [5.41, 5.74) is 9.01. The molecule has 0 fully saturated rings. The second-order valence-corrected chi connectivity index (χ2v) is 5.92. The zero-order valence-corrected chi connectivity index (χ0v) is 13.2. The molecule has 2 aromatic rings. The average molecular weight is 312 g/mol. The van der Waals surface area contributed by atoms with Gasteiger partial charge in [-0.05, 0) is 49.9 Å². The molecule has 1 unspecified atom stereocenters. The molecule has 1 aromatic heterocycles. The van der Waals surface area contributed by atoms with E-state index in [1.165, 1.54) is 5.56 Å². The molecule has 1 aromatic carbocycles. The number of hydrogen-bond acceptors (Lipinski definition) is 2. The number of nitrogens with two attached hydrogens (primary N) is 1. The molecular formula is C15H19Cl2N3. The predicted molar refractivity (Wildman–Crippen MR) is 84.4 cm³/mol. The summed E-state index contributed by atoms with van der Waals surface area (Å²) in [7, 11) is 1.92. The van der Waals surface area contributed by atoms with Crippen molar-refractivity contribution in [2.45, 2.75) is 19.8 Å². The van der Waals surface area contributed by atoms with Crippen LogP contribution in [0, 0.1) is 12.8 Å². The van der Waals surface area contributed by atoms with E-state index in [9.17, 15) is 0 Å². The van der Waals surface area contributed by atoms with Gasteiger partial charge in [-0.2, -0.15) is 5.10 Å². The highest BCUT2D eigenvalue weighted by atomic mass is 35.5. The highest BCUT2D eigenvalue weighted by Gasteiger charge is 2.16. The van der Waals surface area contributed by atoms with E-state index in [1.807, 2.05) is 36.9 Å². The topological polar surface area (TPSA) is 43.8 Å². The van der Waals surface area contributed by atoms with Crippen molar-refractivity contribution in [3.63, 3.8) is 0 Å². The average Bonchev–Trinajstić information content (AvgIpc) is 2.64. The largest absolute Gasteiger partial charge is 0.330 e. The first-order valence-electron chi connectivity index (χ1n) is 6.63. The van der Waals surface area contributed by atoms with E-state index in [1.54, 1.807) is 0 Å². The first kappa shape index (κ1) is 15.4. The molecule has 1 heterocycles. The van der Waals surface area contributed by atoms with Gasteiger partial charge in [-0.1, -0.05) is 35.3 Å². The second kappa shape index (κ2) is 6.61. The molecule has 2 N–H and O–H groups in total. The van der Waals surface area contributed by atoms with Gasteiger partial charge >= 0.3 is 0 Å². The third kappa shape index (κ3) is 3.54. The zero-order chi connectivity index (χ0) is 14.7. The Bertz CT molecular complexity index is 593. The van der Waals surface area contributed by atoms with E-state index in [0.717, 1.165) is 34.3 Å². The molecule has 108 valence electrons. The lowest BCUT2D eigenvalue weighted by atomic mass is 9.94. The van der Waals surface area contributed by atoms with Gasteiger partial charge in [0, 0.05) is 12.1 Å². The fourth-order valence-corrected chi connectivity index (χ4v) is 2.86. The summed E-state index contributed by atoms with van der Waals surface area (Å²) >= 11 is 12.3. The van der Waals surface area contributed by atoms with Crippen LogP contribution in [0.1, 0.15) is 17.0 Å². The Kier molecular flexibility index (Phi) is 5.08. The fourth-order valence-electron chi connectivity index (χ4n) is 2.41. The van der Waals surface area contributed by atoms with Crippen molar-refractivity contribution in [2.75, 3.05) is 6.54 Å². The normalized spacial score (nSPS) is 12.7. The summed E-state index contributed by atoms with van der Waals surface area (Å²) < 4.78 is 1.85. The minimum Gasteiger partial charge on any atom is -0.330 e. The van der Waals surface area contributed by atoms with Crippen LogP contribution in [-0.2, 0) is 19.9 Å². The SMILES string of the molecule is Cc1nn(C)c(CC(CN)Cc2cccc(Cl)c2)c1Cl. The maximum atomic E-state index is 6.30. The minimum atomic E-state index is 0.320. The third-order valence-corrected chi connectivity index (χ3v) is 4.22. The maximum absolute atomic E-state index is 6.30. The molecular weight excluding hydrogens is 293 g/mol. The van der Waals surface area contributed by atoms with Crippen molar-refractivity contribution in [1.29, 1.82) is 0 Å². The van der Waals surface area contributed by atoms with Crippen LogP contribution in [0.25, 0.3) is 0 Å². The number of benzene rings is 1. The summed E-state index contributed by atoms with van der Waals surface area (Å²) in [5.74, 6) is 0.320. The van der Waals surface area contributed by atoms with Crippen molar-refractivity contribution in [2.24, 2.45) is 18.7 Å². The highest BCUT2D eigenvalue weighted by molar-refractivity contribution is 6.31. The smallest absolute Gasteiger partial charge is 0.0847 e. The Hall–Kier alpha value is -1.03. The maximum Gasteiger partial charge on any atom is 0.0847 e. The van der Waals surface area contributed by atoms with Crippen LogP contribution in [-0.4, -0.2) is 16.3 Å². The van der Waals surface area contributed by atoms with E-state index in [-0.39, 0.29) is 0 Å². The van der Waals surface area contributed by atoms with Crippen molar-refractivity contribution < 1.29 is 0 Å². The van der Waals surface area contributed by atoms with Gasteiger partial charge in [0.15, 0.2) is 0 Å². The summed E-state index contributed by atoms with van der Waals surface area (Å²) in [6.45, 7) is 2.52. The Morgan fingerprint density at radius 1 is 1.30 bits per heavy atom. The molecule has 1 atom stereocenters. The number of aromatic nitrogens is 2. The second-order valence-electron chi connectivity index (χ2n) is 5.11. The molecule has 0 saturated carbocycles. The molecule has 0 saturated heterocycles. The highest BCUT2D eigenvalue weighted by Crippen LogP contribution is 2.24. The number of aryl methyl sites for hydroxylation is 2. The molecule has 3 nitrogen and oxygen atoms in total. The lowest BCUT2D eigenvalue weighted by Crippen LogP contribution is -2.20. The van der Waals surface area contributed by atoms with Crippen molar-refractivity contribution in [1.82, 2.24) is 9.78 Å². The van der Waals surface area contributed by atoms with Gasteiger partial charge in [-0.15, -0.1) is 0 Å². The minimum absolute atomic E-state index is 0.320. The van der Waals surface area contributed by atoms with E-state index in [0.29, 0.717) is 12.5 Å². The molecule has 5 heteroatoms. The number of hydrogen-bond donors (Lipinski definition) is 1. The monoisotopic (exact) mass is 311 g/mol. The van der Waals surface area contributed by atoms with Gasteiger partial charge in [-0.25, -0.2) is 0 Å². The van der Waals surface area contributed by atoms with E-state index >= 15 is 0 Å². The van der Waals surface area contributed by atoms with Gasteiger partial charge < -0.3 is 5.73 Å². The summed E-state index contributed by atoms with van der Waals surface area (Å²) in [6.07, 6.45) is 1.71. The summed E-state index contributed by atoms with van der Waals surface area (Å²) in [5, 5.41) is 5.85. The van der Waals surface area contributed by atoms with Crippen LogP contribution in [0.3, 0.4) is 0 Å².